The molecule has 0 saturated heterocycles. The topological polar surface area (TPSA) is 25.8 Å². The van der Waals surface area contributed by atoms with Crippen LogP contribution < -0.4 is 0 Å². The van der Waals surface area contributed by atoms with Crippen LogP contribution in [-0.4, -0.2) is 16.5 Å². The highest BCUT2D eigenvalue weighted by Gasteiger charge is 2.11. The molecule has 0 N–H and O–H groups in total. The van der Waals surface area contributed by atoms with Crippen molar-refractivity contribution in [2.45, 2.75) is 15.7 Å². The fourth-order valence-corrected chi connectivity index (χ4v) is 4.22. The van der Waals surface area contributed by atoms with Crippen molar-refractivity contribution in [3.63, 3.8) is 0 Å². The van der Waals surface area contributed by atoms with Crippen LogP contribution in [0.4, 0.5) is 4.39 Å². The van der Waals surface area contributed by atoms with Gasteiger partial charge in [-0.25, -0.2) is 4.39 Å². The molecule has 1 aromatic heterocycles. The zero-order valence-corrected chi connectivity index (χ0v) is 16.4. The summed E-state index contributed by atoms with van der Waals surface area (Å²) in [6, 6.07) is 23.1. The molecule has 0 amide bonds. The van der Waals surface area contributed by atoms with Gasteiger partial charge < -0.3 is 0 Å². The molecule has 2 nitrogen and oxygen atoms in total. The van der Waals surface area contributed by atoms with Gasteiger partial charge in [-0.15, -0.1) is 22.0 Å². The second-order valence-electron chi connectivity index (χ2n) is 6.04. The molecule has 3 aromatic carbocycles. The Labute approximate surface area is 166 Å². The largest absolute Gasteiger partial charge is 0.207 e. The Hall–Kier alpha value is -2.37. The Morgan fingerprint density at radius 2 is 1.52 bits per heavy atom. The number of halogens is 1. The molecule has 0 radical (unpaired) electrons. The molecule has 0 unspecified atom stereocenters. The molecule has 134 valence electrons. The van der Waals surface area contributed by atoms with Crippen molar-refractivity contribution < 1.29 is 4.39 Å². The van der Waals surface area contributed by atoms with Crippen molar-refractivity contribution in [1.82, 2.24) is 10.2 Å². The molecular formula is C22H17FN2S2. The standard InChI is InChI=1S/C22H17FN2S2/c1-26-18-12-6-15(7-13-18)14-27-22-20-5-3-2-4-19(20)21(24-25-22)16-8-10-17(23)11-9-16/h2-13H,14H2,1H3. The lowest BCUT2D eigenvalue weighted by molar-refractivity contribution is 0.628. The van der Waals surface area contributed by atoms with Gasteiger partial charge in [-0.3, -0.25) is 0 Å². The first-order valence-electron chi connectivity index (χ1n) is 8.52. The minimum Gasteiger partial charge on any atom is -0.207 e. The summed E-state index contributed by atoms with van der Waals surface area (Å²) in [7, 11) is 0. The van der Waals surface area contributed by atoms with Crippen LogP contribution in [0.15, 0.2) is 82.7 Å². The Morgan fingerprint density at radius 3 is 2.22 bits per heavy atom. The zero-order valence-electron chi connectivity index (χ0n) is 14.7. The number of hydrogen-bond donors (Lipinski definition) is 0. The average Bonchev–Trinajstić information content (AvgIpc) is 2.73. The number of hydrogen-bond acceptors (Lipinski definition) is 4. The maximum Gasteiger partial charge on any atom is 0.127 e. The third-order valence-corrected chi connectivity index (χ3v) is 6.10. The van der Waals surface area contributed by atoms with E-state index in [1.54, 1.807) is 35.7 Å². The van der Waals surface area contributed by atoms with Gasteiger partial charge in [0.05, 0.1) is 0 Å². The highest BCUT2D eigenvalue weighted by atomic mass is 32.2. The summed E-state index contributed by atoms with van der Waals surface area (Å²) in [5.74, 6) is 0.583. The second-order valence-corrected chi connectivity index (χ2v) is 7.89. The first-order chi connectivity index (χ1) is 13.2. The fraction of sp³-hybridized carbons (Fsp3) is 0.0909. The Kier molecular flexibility index (Phi) is 5.41. The molecule has 4 rings (SSSR count). The Morgan fingerprint density at radius 1 is 0.815 bits per heavy atom. The smallest absolute Gasteiger partial charge is 0.127 e. The molecule has 0 aliphatic rings. The molecule has 0 aliphatic heterocycles. The van der Waals surface area contributed by atoms with Crippen molar-refractivity contribution >= 4 is 34.3 Å². The number of rotatable bonds is 5. The summed E-state index contributed by atoms with van der Waals surface area (Å²) in [4.78, 5) is 1.26. The van der Waals surface area contributed by atoms with E-state index < -0.39 is 0 Å². The van der Waals surface area contributed by atoms with Crippen LogP contribution in [-0.2, 0) is 5.75 Å². The normalized spacial score (nSPS) is 11.0. The van der Waals surface area contributed by atoms with Crippen LogP contribution in [0.2, 0.25) is 0 Å². The molecule has 0 atom stereocenters. The summed E-state index contributed by atoms with van der Waals surface area (Å²) in [5, 5.41) is 11.9. The summed E-state index contributed by atoms with van der Waals surface area (Å²) < 4.78 is 13.2. The van der Waals surface area contributed by atoms with E-state index in [1.165, 1.54) is 22.6 Å². The lowest BCUT2D eigenvalue weighted by atomic mass is 10.1. The lowest BCUT2D eigenvalue weighted by Crippen LogP contribution is -1.94. The van der Waals surface area contributed by atoms with Crippen LogP contribution in [0.3, 0.4) is 0 Å². The molecule has 0 fully saturated rings. The average molecular weight is 393 g/mol. The van der Waals surface area contributed by atoms with Gasteiger partial charge in [-0.1, -0.05) is 48.2 Å². The van der Waals surface area contributed by atoms with Crippen LogP contribution in [0.5, 0.6) is 0 Å². The predicted molar refractivity (Wildman–Crippen MR) is 113 cm³/mol. The van der Waals surface area contributed by atoms with E-state index in [0.717, 1.165) is 32.8 Å². The monoisotopic (exact) mass is 392 g/mol. The third kappa shape index (κ3) is 3.99. The molecule has 1 heterocycles. The molecule has 0 bridgehead atoms. The maximum atomic E-state index is 13.2. The van der Waals surface area contributed by atoms with E-state index in [2.05, 4.69) is 46.8 Å². The summed E-state index contributed by atoms with van der Waals surface area (Å²) in [6.07, 6.45) is 2.08. The lowest BCUT2D eigenvalue weighted by Gasteiger charge is -2.09. The van der Waals surface area contributed by atoms with E-state index in [9.17, 15) is 4.39 Å². The molecule has 0 saturated carbocycles. The van der Waals surface area contributed by atoms with Crippen molar-refractivity contribution in [3.05, 3.63) is 84.2 Å². The van der Waals surface area contributed by atoms with E-state index in [4.69, 9.17) is 0 Å². The van der Waals surface area contributed by atoms with Crippen LogP contribution in [0.1, 0.15) is 5.56 Å². The molecule has 27 heavy (non-hydrogen) atoms. The zero-order chi connectivity index (χ0) is 18.6. The highest BCUT2D eigenvalue weighted by Crippen LogP contribution is 2.33. The van der Waals surface area contributed by atoms with Gasteiger partial charge in [0.25, 0.3) is 0 Å². The molecular weight excluding hydrogens is 375 g/mol. The number of benzene rings is 3. The number of nitrogens with zero attached hydrogens (tertiary/aromatic N) is 2. The van der Waals surface area contributed by atoms with E-state index in [-0.39, 0.29) is 5.82 Å². The van der Waals surface area contributed by atoms with Gasteiger partial charge in [-0.2, -0.15) is 0 Å². The molecule has 5 heteroatoms. The van der Waals surface area contributed by atoms with Crippen molar-refractivity contribution in [2.75, 3.05) is 6.26 Å². The first-order valence-corrected chi connectivity index (χ1v) is 10.7. The van der Waals surface area contributed by atoms with E-state index >= 15 is 0 Å². The van der Waals surface area contributed by atoms with Gasteiger partial charge in [-0.05, 0) is 48.2 Å². The summed E-state index contributed by atoms with van der Waals surface area (Å²) in [5.41, 5.74) is 2.90. The van der Waals surface area contributed by atoms with Crippen LogP contribution in [0, 0.1) is 5.82 Å². The fourth-order valence-electron chi connectivity index (χ4n) is 2.88. The quantitative estimate of drug-likeness (QED) is 0.365. The van der Waals surface area contributed by atoms with E-state index in [1.807, 2.05) is 18.2 Å². The van der Waals surface area contributed by atoms with Gasteiger partial charge in [0.2, 0.25) is 0 Å². The number of aromatic nitrogens is 2. The molecule has 0 spiro atoms. The van der Waals surface area contributed by atoms with Crippen LogP contribution in [0.25, 0.3) is 22.0 Å². The summed E-state index contributed by atoms with van der Waals surface area (Å²) in [6.45, 7) is 0. The minimum absolute atomic E-state index is 0.254. The number of thioether (sulfide) groups is 2. The Balaban J connectivity index is 1.66. The van der Waals surface area contributed by atoms with Crippen molar-refractivity contribution in [2.24, 2.45) is 0 Å². The summed E-state index contributed by atoms with van der Waals surface area (Å²) >= 11 is 3.42. The van der Waals surface area contributed by atoms with Gasteiger partial charge in [0, 0.05) is 27.0 Å². The molecule has 0 aliphatic carbocycles. The van der Waals surface area contributed by atoms with Crippen molar-refractivity contribution in [3.8, 4) is 11.3 Å². The second kappa shape index (κ2) is 8.11. The maximum absolute atomic E-state index is 13.2. The predicted octanol–water partition coefficient (Wildman–Crippen LogP) is 6.45. The van der Waals surface area contributed by atoms with E-state index in [0.29, 0.717) is 0 Å². The van der Waals surface area contributed by atoms with Gasteiger partial charge >= 0.3 is 0 Å². The van der Waals surface area contributed by atoms with Gasteiger partial charge in [0.15, 0.2) is 0 Å². The molecule has 4 aromatic rings. The minimum atomic E-state index is -0.254. The van der Waals surface area contributed by atoms with Gasteiger partial charge in [0.1, 0.15) is 16.5 Å². The highest BCUT2D eigenvalue weighted by molar-refractivity contribution is 7.98. The van der Waals surface area contributed by atoms with Crippen LogP contribution >= 0.6 is 23.5 Å². The van der Waals surface area contributed by atoms with Crippen molar-refractivity contribution in [1.29, 1.82) is 0 Å². The first kappa shape index (κ1) is 18.0. The SMILES string of the molecule is CSc1ccc(CSc2nnc(-c3ccc(F)cc3)c3ccccc23)cc1. The third-order valence-electron chi connectivity index (χ3n) is 4.31. The Bertz CT molecular complexity index is 1060. The number of fused-ring (bicyclic) bond motifs is 1.